The number of carbonyl (C=O) groups is 1. The molecule has 5 nitrogen and oxygen atoms in total. The fourth-order valence-corrected chi connectivity index (χ4v) is 1.23. The van der Waals surface area contributed by atoms with Crippen LogP contribution in [-0.2, 0) is 0 Å². The van der Waals surface area contributed by atoms with Crippen LogP contribution in [0.1, 0.15) is 0 Å². The van der Waals surface area contributed by atoms with E-state index >= 15 is 0 Å². The standard InChI is InChI=1S/C10H7Cl2N3O2/c11-7-2-1-3-8(9(7)12)17-6(4-13)5-15-10(14)16/h1-3,5H,(H3,14,15,16)/b6-5+. The third kappa shape index (κ3) is 3.87. The molecule has 0 fully saturated rings. The van der Waals surface area contributed by atoms with Crippen molar-refractivity contribution >= 4 is 29.2 Å². The van der Waals surface area contributed by atoms with Gasteiger partial charge in [0.25, 0.3) is 0 Å². The normalized spacial score (nSPS) is 10.5. The first-order valence-electron chi connectivity index (χ1n) is 4.32. The lowest BCUT2D eigenvalue weighted by Crippen LogP contribution is -2.25. The summed E-state index contributed by atoms with van der Waals surface area (Å²) in [6, 6.07) is 5.63. The first-order chi connectivity index (χ1) is 8.04. The summed E-state index contributed by atoms with van der Waals surface area (Å²) in [6.07, 6.45) is 1.03. The highest BCUT2D eigenvalue weighted by molar-refractivity contribution is 6.42. The van der Waals surface area contributed by atoms with E-state index in [9.17, 15) is 4.79 Å². The van der Waals surface area contributed by atoms with E-state index in [4.69, 9.17) is 38.9 Å². The molecule has 0 bridgehead atoms. The van der Waals surface area contributed by atoms with Gasteiger partial charge in [0.15, 0.2) is 0 Å². The molecule has 88 valence electrons. The predicted octanol–water partition coefficient (Wildman–Crippen LogP) is 2.41. The van der Waals surface area contributed by atoms with Gasteiger partial charge in [-0.15, -0.1) is 0 Å². The van der Waals surface area contributed by atoms with Gasteiger partial charge >= 0.3 is 6.03 Å². The SMILES string of the molecule is N#C/C(=C\NC(N)=O)Oc1cccc(Cl)c1Cl. The summed E-state index contributed by atoms with van der Waals surface area (Å²) in [6.45, 7) is 0. The van der Waals surface area contributed by atoms with E-state index in [1.54, 1.807) is 18.2 Å². The number of nitrogens with two attached hydrogens (primary N) is 1. The number of benzene rings is 1. The Labute approximate surface area is 107 Å². The van der Waals surface area contributed by atoms with Crippen molar-refractivity contribution in [2.24, 2.45) is 5.73 Å². The molecule has 0 atom stereocenters. The maximum Gasteiger partial charge on any atom is 0.316 e. The van der Waals surface area contributed by atoms with Crippen LogP contribution in [0.2, 0.25) is 10.0 Å². The molecule has 7 heteroatoms. The molecule has 17 heavy (non-hydrogen) atoms. The molecule has 3 N–H and O–H groups in total. The number of allylic oxidation sites excluding steroid dienone is 1. The topological polar surface area (TPSA) is 88.1 Å². The number of carbonyl (C=O) groups excluding carboxylic acids is 1. The highest BCUT2D eigenvalue weighted by Gasteiger charge is 2.07. The molecular weight excluding hydrogens is 265 g/mol. The number of amides is 2. The number of halogens is 2. The van der Waals surface area contributed by atoms with E-state index in [1.807, 2.05) is 0 Å². The summed E-state index contributed by atoms with van der Waals surface area (Å²) in [4.78, 5) is 10.4. The molecule has 0 aliphatic heterocycles. The Morgan fingerprint density at radius 1 is 1.53 bits per heavy atom. The molecule has 1 rings (SSSR count). The predicted molar refractivity (Wildman–Crippen MR) is 63.5 cm³/mol. The van der Waals surface area contributed by atoms with Crippen LogP contribution in [0.5, 0.6) is 5.75 Å². The lowest BCUT2D eigenvalue weighted by Gasteiger charge is -2.06. The Hall–Kier alpha value is -1.90. The van der Waals surface area contributed by atoms with Gasteiger partial charge in [0.2, 0.25) is 5.76 Å². The zero-order valence-electron chi connectivity index (χ0n) is 8.41. The van der Waals surface area contributed by atoms with Crippen LogP contribution in [0.4, 0.5) is 4.79 Å². The number of urea groups is 1. The Kier molecular flexibility index (Phi) is 4.64. The van der Waals surface area contributed by atoms with Gasteiger partial charge in [-0.2, -0.15) is 5.26 Å². The Balaban J connectivity index is 2.89. The lowest BCUT2D eigenvalue weighted by atomic mass is 10.3. The maximum atomic E-state index is 10.4. The third-order valence-electron chi connectivity index (χ3n) is 1.59. The van der Waals surface area contributed by atoms with E-state index in [1.165, 1.54) is 6.07 Å². The van der Waals surface area contributed by atoms with Crippen molar-refractivity contribution in [1.29, 1.82) is 5.26 Å². The fraction of sp³-hybridized carbons (Fsp3) is 0. The molecule has 1 aromatic carbocycles. The Morgan fingerprint density at radius 3 is 2.82 bits per heavy atom. The number of rotatable bonds is 3. The van der Waals surface area contributed by atoms with Crippen molar-refractivity contribution in [3.05, 3.63) is 40.2 Å². The van der Waals surface area contributed by atoms with Crippen LogP contribution in [0.15, 0.2) is 30.2 Å². The minimum Gasteiger partial charge on any atom is -0.443 e. The smallest absolute Gasteiger partial charge is 0.316 e. The van der Waals surface area contributed by atoms with Crippen molar-refractivity contribution < 1.29 is 9.53 Å². The molecule has 1 aromatic rings. The van der Waals surface area contributed by atoms with Crippen LogP contribution in [0.3, 0.4) is 0 Å². The van der Waals surface area contributed by atoms with Gasteiger partial charge in [0, 0.05) is 0 Å². The second kappa shape index (κ2) is 5.99. The van der Waals surface area contributed by atoms with Crippen LogP contribution < -0.4 is 15.8 Å². The van der Waals surface area contributed by atoms with Gasteiger partial charge in [-0.25, -0.2) is 4.79 Å². The second-order valence-electron chi connectivity index (χ2n) is 2.78. The fourth-order valence-electron chi connectivity index (χ4n) is 0.903. The lowest BCUT2D eigenvalue weighted by molar-refractivity contribution is 0.251. The molecule has 0 radical (unpaired) electrons. The number of nitrogens with one attached hydrogen (secondary N) is 1. The minimum atomic E-state index is -0.807. The van der Waals surface area contributed by atoms with Crippen LogP contribution >= 0.6 is 23.2 Å². The molecule has 0 spiro atoms. The molecule has 0 aliphatic carbocycles. The van der Waals surface area contributed by atoms with Crippen molar-refractivity contribution in [2.75, 3.05) is 0 Å². The van der Waals surface area contributed by atoms with Gasteiger partial charge < -0.3 is 15.8 Å². The summed E-state index contributed by atoms with van der Waals surface area (Å²) in [5.74, 6) is 0.0335. The molecule has 0 aliphatic rings. The van der Waals surface area contributed by atoms with Crippen LogP contribution in [0, 0.1) is 11.3 Å². The van der Waals surface area contributed by atoms with Crippen molar-refractivity contribution in [3.8, 4) is 11.8 Å². The van der Waals surface area contributed by atoms with Crippen molar-refractivity contribution in [2.45, 2.75) is 0 Å². The molecule has 0 aromatic heterocycles. The van der Waals surface area contributed by atoms with Gasteiger partial charge in [-0.3, -0.25) is 0 Å². The van der Waals surface area contributed by atoms with Crippen molar-refractivity contribution in [1.82, 2.24) is 5.32 Å². The Morgan fingerprint density at radius 2 is 2.24 bits per heavy atom. The van der Waals surface area contributed by atoms with Gasteiger partial charge in [-0.05, 0) is 12.1 Å². The average Bonchev–Trinajstić information content (AvgIpc) is 2.29. The maximum absolute atomic E-state index is 10.4. The summed E-state index contributed by atoms with van der Waals surface area (Å²) in [5, 5.41) is 11.3. The molecular formula is C10H7Cl2N3O2. The van der Waals surface area contributed by atoms with Gasteiger partial charge in [-0.1, -0.05) is 29.3 Å². The summed E-state index contributed by atoms with van der Waals surface area (Å²) in [5.41, 5.74) is 4.84. The number of primary amides is 1. The van der Waals surface area contributed by atoms with Crippen molar-refractivity contribution in [3.63, 3.8) is 0 Å². The van der Waals surface area contributed by atoms with E-state index in [0.717, 1.165) is 6.20 Å². The summed E-state index contributed by atoms with van der Waals surface area (Å²) in [7, 11) is 0. The summed E-state index contributed by atoms with van der Waals surface area (Å²) < 4.78 is 5.14. The first-order valence-corrected chi connectivity index (χ1v) is 5.08. The zero-order valence-corrected chi connectivity index (χ0v) is 9.92. The molecule has 0 saturated carbocycles. The number of nitriles is 1. The van der Waals surface area contributed by atoms with E-state index in [2.05, 4.69) is 5.32 Å². The third-order valence-corrected chi connectivity index (χ3v) is 2.39. The van der Waals surface area contributed by atoms with Crippen LogP contribution in [-0.4, -0.2) is 6.03 Å². The molecule has 0 heterocycles. The van der Waals surface area contributed by atoms with E-state index in [-0.39, 0.29) is 16.5 Å². The second-order valence-corrected chi connectivity index (χ2v) is 3.57. The first kappa shape index (κ1) is 13.2. The average molecular weight is 272 g/mol. The van der Waals surface area contributed by atoms with Gasteiger partial charge in [0.05, 0.1) is 11.2 Å². The zero-order chi connectivity index (χ0) is 12.8. The number of ether oxygens (including phenoxy) is 1. The molecule has 0 unspecified atom stereocenters. The number of nitrogens with zero attached hydrogens (tertiary/aromatic N) is 1. The highest BCUT2D eigenvalue weighted by Crippen LogP contribution is 2.32. The molecule has 0 saturated heterocycles. The molecule has 2 amide bonds. The Bertz CT molecular complexity index is 509. The van der Waals surface area contributed by atoms with Gasteiger partial charge in [0.1, 0.15) is 16.8 Å². The van der Waals surface area contributed by atoms with E-state index < -0.39 is 6.03 Å². The van der Waals surface area contributed by atoms with Crippen LogP contribution in [0.25, 0.3) is 0 Å². The number of hydrogen-bond acceptors (Lipinski definition) is 3. The summed E-state index contributed by atoms with van der Waals surface area (Å²) >= 11 is 11.6. The number of hydrogen-bond donors (Lipinski definition) is 2. The highest BCUT2D eigenvalue weighted by atomic mass is 35.5. The minimum absolute atomic E-state index is 0.173. The monoisotopic (exact) mass is 271 g/mol. The largest absolute Gasteiger partial charge is 0.443 e. The quantitative estimate of drug-likeness (QED) is 0.654. The van der Waals surface area contributed by atoms with E-state index in [0.29, 0.717) is 5.02 Å².